The van der Waals surface area contributed by atoms with Gasteiger partial charge in [-0.25, -0.2) is 0 Å². The molecule has 136 valence electrons. The minimum atomic E-state index is 0.0310. The van der Waals surface area contributed by atoms with E-state index in [1.165, 1.54) is 0 Å². The second-order valence-corrected chi connectivity index (χ2v) is 7.48. The van der Waals surface area contributed by atoms with E-state index in [-0.39, 0.29) is 17.9 Å². The fraction of sp³-hybridized carbons (Fsp3) is 0.889. The number of likely N-dealkylation sites (tertiary alicyclic amines) is 1. The number of hydrogen-bond donors (Lipinski definition) is 1. The third-order valence-electron chi connectivity index (χ3n) is 5.89. The Bertz CT molecular complexity index is 443. The Morgan fingerprint density at radius 2 is 1.92 bits per heavy atom. The maximum absolute atomic E-state index is 12.5. The first kappa shape index (κ1) is 17.7. The molecule has 3 aliphatic heterocycles. The van der Waals surface area contributed by atoms with E-state index in [2.05, 4.69) is 10.2 Å². The quantitative estimate of drug-likeness (QED) is 0.836. The van der Waals surface area contributed by atoms with Crippen molar-refractivity contribution in [2.75, 3.05) is 33.4 Å². The Labute approximate surface area is 144 Å². The highest BCUT2D eigenvalue weighted by molar-refractivity contribution is 5.80. The molecule has 3 rings (SSSR count). The summed E-state index contributed by atoms with van der Waals surface area (Å²) < 4.78 is 5.45. The number of carbonyl (C=O) groups is 2. The van der Waals surface area contributed by atoms with Crippen LogP contribution in [0.15, 0.2) is 0 Å². The largest absolute Gasteiger partial charge is 0.381 e. The summed E-state index contributed by atoms with van der Waals surface area (Å²) in [4.78, 5) is 28.5. The molecule has 0 aliphatic carbocycles. The lowest BCUT2D eigenvalue weighted by Crippen LogP contribution is -2.50. The Morgan fingerprint density at radius 3 is 2.58 bits per heavy atom. The average molecular weight is 337 g/mol. The van der Waals surface area contributed by atoms with Gasteiger partial charge in [-0.15, -0.1) is 0 Å². The van der Waals surface area contributed by atoms with Gasteiger partial charge in [0, 0.05) is 64.3 Å². The van der Waals surface area contributed by atoms with E-state index in [1.807, 2.05) is 11.9 Å². The van der Waals surface area contributed by atoms with E-state index in [4.69, 9.17) is 4.74 Å². The highest BCUT2D eigenvalue weighted by Gasteiger charge is 2.30. The zero-order chi connectivity index (χ0) is 16.9. The minimum absolute atomic E-state index is 0.0310. The van der Waals surface area contributed by atoms with Crippen LogP contribution in [-0.4, -0.2) is 73.1 Å². The Morgan fingerprint density at radius 1 is 1.21 bits per heavy atom. The van der Waals surface area contributed by atoms with Crippen molar-refractivity contribution in [2.45, 2.75) is 69.5 Å². The molecule has 1 atom stereocenters. The summed E-state index contributed by atoms with van der Waals surface area (Å²) in [6, 6.07) is 1.04. The summed E-state index contributed by atoms with van der Waals surface area (Å²) in [6.07, 6.45) is 7.26. The lowest BCUT2D eigenvalue weighted by Gasteiger charge is -2.41. The van der Waals surface area contributed by atoms with Gasteiger partial charge in [-0.05, 0) is 38.5 Å². The van der Waals surface area contributed by atoms with Crippen LogP contribution in [0.25, 0.3) is 0 Å². The van der Waals surface area contributed by atoms with Gasteiger partial charge in [0.15, 0.2) is 0 Å². The predicted octanol–water partition coefficient (Wildman–Crippen LogP) is 1.15. The molecule has 0 aromatic carbocycles. The predicted molar refractivity (Wildman–Crippen MR) is 91.6 cm³/mol. The summed E-state index contributed by atoms with van der Waals surface area (Å²) in [5.41, 5.74) is 0. The first-order valence-corrected chi connectivity index (χ1v) is 9.50. The van der Waals surface area contributed by atoms with E-state index < -0.39 is 0 Å². The molecule has 0 radical (unpaired) electrons. The molecule has 6 heteroatoms. The molecule has 1 unspecified atom stereocenters. The Kier molecular flexibility index (Phi) is 6.11. The number of rotatable bonds is 4. The molecule has 0 spiro atoms. The Hall–Kier alpha value is -1.14. The number of piperidine rings is 2. The van der Waals surface area contributed by atoms with Gasteiger partial charge in [-0.2, -0.15) is 0 Å². The summed E-state index contributed by atoms with van der Waals surface area (Å²) in [5.74, 6) is 0.262. The van der Waals surface area contributed by atoms with Crippen LogP contribution >= 0.6 is 0 Å². The van der Waals surface area contributed by atoms with Gasteiger partial charge in [0.05, 0.1) is 0 Å². The van der Waals surface area contributed by atoms with Crippen LogP contribution in [0, 0.1) is 0 Å². The van der Waals surface area contributed by atoms with E-state index in [0.717, 1.165) is 64.8 Å². The third-order valence-corrected chi connectivity index (χ3v) is 5.89. The lowest BCUT2D eigenvalue weighted by atomic mass is 9.97. The topological polar surface area (TPSA) is 61.9 Å². The monoisotopic (exact) mass is 337 g/mol. The van der Waals surface area contributed by atoms with Crippen LogP contribution in [0.2, 0.25) is 0 Å². The summed E-state index contributed by atoms with van der Waals surface area (Å²) in [6.45, 7) is 3.92. The summed E-state index contributed by atoms with van der Waals surface area (Å²) >= 11 is 0. The first-order chi connectivity index (χ1) is 11.6. The second-order valence-electron chi connectivity index (χ2n) is 7.48. The first-order valence-electron chi connectivity index (χ1n) is 9.50. The number of nitrogens with zero attached hydrogens (tertiary/aromatic N) is 2. The molecule has 6 nitrogen and oxygen atoms in total. The molecule has 0 bridgehead atoms. The van der Waals surface area contributed by atoms with Crippen molar-refractivity contribution < 1.29 is 14.3 Å². The van der Waals surface area contributed by atoms with Gasteiger partial charge in [-0.3, -0.25) is 9.59 Å². The molecule has 3 saturated heterocycles. The molecule has 3 fully saturated rings. The van der Waals surface area contributed by atoms with Crippen LogP contribution in [0.1, 0.15) is 51.4 Å². The fourth-order valence-electron chi connectivity index (χ4n) is 4.28. The van der Waals surface area contributed by atoms with Gasteiger partial charge in [0.1, 0.15) is 0 Å². The fourth-order valence-corrected chi connectivity index (χ4v) is 4.28. The van der Waals surface area contributed by atoms with Gasteiger partial charge < -0.3 is 19.9 Å². The van der Waals surface area contributed by atoms with Crippen molar-refractivity contribution in [3.8, 4) is 0 Å². The van der Waals surface area contributed by atoms with Crippen molar-refractivity contribution in [1.82, 2.24) is 15.1 Å². The standard InChI is InChI=1S/C18H31N3O3/c1-20(18(23)13-14-3-2-4-17(22)19-14)15-5-9-21(10-6-15)16-7-11-24-12-8-16/h14-16H,2-13H2,1H3,(H,19,22). The highest BCUT2D eigenvalue weighted by atomic mass is 16.5. The zero-order valence-electron chi connectivity index (χ0n) is 14.8. The second kappa shape index (κ2) is 8.30. The molecule has 0 saturated carbocycles. The highest BCUT2D eigenvalue weighted by Crippen LogP contribution is 2.23. The number of ether oxygens (including phenoxy) is 1. The molecule has 3 aliphatic rings. The molecule has 3 heterocycles. The van der Waals surface area contributed by atoms with Gasteiger partial charge in [0.25, 0.3) is 0 Å². The summed E-state index contributed by atoms with van der Waals surface area (Å²) in [5, 5.41) is 2.95. The maximum Gasteiger partial charge on any atom is 0.224 e. The molecule has 0 aromatic heterocycles. The van der Waals surface area contributed by atoms with E-state index in [9.17, 15) is 9.59 Å². The molecule has 24 heavy (non-hydrogen) atoms. The van der Waals surface area contributed by atoms with E-state index >= 15 is 0 Å². The van der Waals surface area contributed by atoms with E-state index in [1.54, 1.807) is 0 Å². The van der Waals surface area contributed by atoms with Gasteiger partial charge in [0.2, 0.25) is 11.8 Å². The number of carbonyl (C=O) groups excluding carboxylic acids is 2. The molecule has 0 aromatic rings. The van der Waals surface area contributed by atoms with Crippen LogP contribution in [-0.2, 0) is 14.3 Å². The number of hydrogen-bond acceptors (Lipinski definition) is 4. The van der Waals surface area contributed by atoms with Crippen molar-refractivity contribution in [3.05, 3.63) is 0 Å². The normalized spacial score (nSPS) is 27.7. The maximum atomic E-state index is 12.5. The SMILES string of the molecule is CN(C(=O)CC1CCCC(=O)N1)C1CCN(C2CCOCC2)CC1. The molecular formula is C18H31N3O3. The minimum Gasteiger partial charge on any atom is -0.381 e. The summed E-state index contributed by atoms with van der Waals surface area (Å²) in [7, 11) is 1.93. The van der Waals surface area contributed by atoms with Crippen LogP contribution in [0.5, 0.6) is 0 Å². The van der Waals surface area contributed by atoms with Crippen molar-refractivity contribution in [2.24, 2.45) is 0 Å². The number of amides is 2. The average Bonchev–Trinajstić information content (AvgIpc) is 2.62. The van der Waals surface area contributed by atoms with Crippen LogP contribution < -0.4 is 5.32 Å². The van der Waals surface area contributed by atoms with Crippen molar-refractivity contribution in [1.29, 1.82) is 0 Å². The Balaban J connectivity index is 1.43. The number of nitrogens with one attached hydrogen (secondary N) is 1. The zero-order valence-corrected chi connectivity index (χ0v) is 14.8. The van der Waals surface area contributed by atoms with Crippen LogP contribution in [0.3, 0.4) is 0 Å². The van der Waals surface area contributed by atoms with Crippen LogP contribution in [0.4, 0.5) is 0 Å². The third kappa shape index (κ3) is 4.48. The van der Waals surface area contributed by atoms with E-state index in [0.29, 0.717) is 24.9 Å². The lowest BCUT2D eigenvalue weighted by molar-refractivity contribution is -0.134. The molecule has 2 amide bonds. The molecular weight excluding hydrogens is 306 g/mol. The smallest absolute Gasteiger partial charge is 0.224 e. The molecule has 1 N–H and O–H groups in total. The van der Waals surface area contributed by atoms with Crippen molar-refractivity contribution >= 4 is 11.8 Å². The van der Waals surface area contributed by atoms with Crippen molar-refractivity contribution in [3.63, 3.8) is 0 Å². The van der Waals surface area contributed by atoms with Gasteiger partial charge >= 0.3 is 0 Å². The van der Waals surface area contributed by atoms with Gasteiger partial charge in [-0.1, -0.05) is 0 Å².